The lowest BCUT2D eigenvalue weighted by Crippen LogP contribution is -2.27. The van der Waals surface area contributed by atoms with Crippen LogP contribution in [0.1, 0.15) is 24.0 Å². The molecule has 1 N–H and O–H groups in total. The van der Waals surface area contributed by atoms with E-state index < -0.39 is 0 Å². The van der Waals surface area contributed by atoms with Gasteiger partial charge in [0, 0.05) is 31.4 Å². The lowest BCUT2D eigenvalue weighted by Gasteiger charge is -2.15. The van der Waals surface area contributed by atoms with Crippen molar-refractivity contribution in [2.75, 3.05) is 18.0 Å². The van der Waals surface area contributed by atoms with Crippen LogP contribution in [0.5, 0.6) is 0 Å². The second-order valence-electron chi connectivity index (χ2n) is 7.22. The fourth-order valence-electron chi connectivity index (χ4n) is 3.52. The fourth-order valence-corrected chi connectivity index (χ4v) is 3.52. The molecule has 0 radical (unpaired) electrons. The number of nitrogens with one attached hydrogen (secondary N) is 1. The van der Waals surface area contributed by atoms with Crippen molar-refractivity contribution in [3.8, 4) is 5.69 Å². The molecular weight excluding hydrogens is 364 g/mol. The van der Waals surface area contributed by atoms with E-state index in [0.29, 0.717) is 19.4 Å². The maximum absolute atomic E-state index is 12.2. The van der Waals surface area contributed by atoms with Gasteiger partial charge >= 0.3 is 0 Å². The highest BCUT2D eigenvalue weighted by molar-refractivity contribution is 5.95. The highest BCUT2D eigenvalue weighted by atomic mass is 16.2. The number of para-hydroxylation sites is 1. The number of hydrogen-bond acceptors (Lipinski definition) is 3. The van der Waals surface area contributed by atoms with Gasteiger partial charge in [-0.25, -0.2) is 4.68 Å². The van der Waals surface area contributed by atoms with Crippen LogP contribution in [0.3, 0.4) is 0 Å². The molecular formula is C23H24N4O2. The minimum Gasteiger partial charge on any atom is -0.355 e. The summed E-state index contributed by atoms with van der Waals surface area (Å²) in [7, 11) is 0. The van der Waals surface area contributed by atoms with Crippen molar-refractivity contribution in [3.05, 3.63) is 78.1 Å². The van der Waals surface area contributed by atoms with E-state index in [1.165, 1.54) is 0 Å². The van der Waals surface area contributed by atoms with Crippen molar-refractivity contribution in [2.45, 2.75) is 25.7 Å². The Hall–Kier alpha value is -3.41. The Balaban J connectivity index is 1.24. The Morgan fingerprint density at radius 3 is 2.52 bits per heavy atom. The summed E-state index contributed by atoms with van der Waals surface area (Å²) in [6, 6.07) is 17.6. The molecule has 1 aliphatic heterocycles. The molecule has 2 heterocycles. The highest BCUT2D eigenvalue weighted by Gasteiger charge is 2.21. The van der Waals surface area contributed by atoms with Crippen molar-refractivity contribution >= 4 is 17.5 Å². The molecule has 1 fully saturated rings. The average Bonchev–Trinajstić information content (AvgIpc) is 3.38. The molecule has 148 valence electrons. The number of amides is 2. The average molecular weight is 388 g/mol. The van der Waals surface area contributed by atoms with E-state index in [9.17, 15) is 9.59 Å². The summed E-state index contributed by atoms with van der Waals surface area (Å²) in [5.41, 5.74) is 3.94. The molecule has 0 atom stereocenters. The Bertz CT molecular complexity index is 980. The predicted octanol–water partition coefficient (Wildman–Crippen LogP) is 2.90. The molecule has 6 nitrogen and oxygen atoms in total. The van der Waals surface area contributed by atoms with Crippen LogP contribution in [0.2, 0.25) is 0 Å². The molecule has 0 unspecified atom stereocenters. The van der Waals surface area contributed by atoms with Crippen molar-refractivity contribution in [1.29, 1.82) is 0 Å². The van der Waals surface area contributed by atoms with Crippen LogP contribution in [-0.4, -0.2) is 34.7 Å². The number of rotatable bonds is 7. The molecule has 0 saturated carbocycles. The molecule has 0 spiro atoms. The summed E-state index contributed by atoms with van der Waals surface area (Å²) in [6.07, 6.45) is 6.41. The quantitative estimate of drug-likeness (QED) is 0.677. The van der Waals surface area contributed by atoms with Crippen LogP contribution >= 0.6 is 0 Å². The van der Waals surface area contributed by atoms with Crippen LogP contribution in [0.15, 0.2) is 67.0 Å². The van der Waals surface area contributed by atoms with Gasteiger partial charge in [0.1, 0.15) is 0 Å². The van der Waals surface area contributed by atoms with Gasteiger partial charge in [-0.2, -0.15) is 5.10 Å². The van der Waals surface area contributed by atoms with E-state index in [1.807, 2.05) is 71.7 Å². The minimum atomic E-state index is -0.00884. The third-order valence-corrected chi connectivity index (χ3v) is 5.08. The molecule has 2 aromatic carbocycles. The van der Waals surface area contributed by atoms with E-state index in [-0.39, 0.29) is 11.8 Å². The number of carbonyl (C=O) groups excluding carboxylic acids is 2. The number of nitrogens with zero attached hydrogens (tertiary/aromatic N) is 3. The lowest BCUT2D eigenvalue weighted by molar-refractivity contribution is -0.120. The zero-order valence-corrected chi connectivity index (χ0v) is 16.3. The van der Waals surface area contributed by atoms with Crippen LogP contribution in [-0.2, 0) is 22.4 Å². The van der Waals surface area contributed by atoms with Gasteiger partial charge < -0.3 is 10.2 Å². The summed E-state index contributed by atoms with van der Waals surface area (Å²) >= 11 is 0. The van der Waals surface area contributed by atoms with Gasteiger partial charge in [-0.3, -0.25) is 9.59 Å². The third kappa shape index (κ3) is 4.71. The normalized spacial score (nSPS) is 13.7. The first-order valence-electron chi connectivity index (χ1n) is 9.94. The topological polar surface area (TPSA) is 67.2 Å². The summed E-state index contributed by atoms with van der Waals surface area (Å²) in [5, 5.41) is 7.34. The van der Waals surface area contributed by atoms with Crippen molar-refractivity contribution < 1.29 is 9.59 Å². The first-order valence-corrected chi connectivity index (χ1v) is 9.94. The van der Waals surface area contributed by atoms with Crippen molar-refractivity contribution in [1.82, 2.24) is 15.1 Å². The van der Waals surface area contributed by atoms with Crippen molar-refractivity contribution in [3.63, 3.8) is 0 Å². The summed E-state index contributed by atoms with van der Waals surface area (Å²) in [4.78, 5) is 25.8. The Kier molecular flexibility index (Phi) is 5.70. The zero-order chi connectivity index (χ0) is 20.1. The summed E-state index contributed by atoms with van der Waals surface area (Å²) in [5.74, 6) is 0.163. The number of aromatic nitrogens is 2. The van der Waals surface area contributed by atoms with Gasteiger partial charge in [-0.05, 0) is 48.2 Å². The number of anilines is 1. The Labute approximate surface area is 170 Å². The van der Waals surface area contributed by atoms with E-state index in [2.05, 4.69) is 10.4 Å². The second-order valence-corrected chi connectivity index (χ2v) is 7.22. The lowest BCUT2D eigenvalue weighted by atomic mass is 10.1. The molecule has 1 saturated heterocycles. The van der Waals surface area contributed by atoms with Crippen LogP contribution < -0.4 is 10.2 Å². The molecule has 2 amide bonds. The second kappa shape index (κ2) is 8.73. The van der Waals surface area contributed by atoms with Gasteiger partial charge in [0.15, 0.2) is 0 Å². The van der Waals surface area contributed by atoms with Gasteiger partial charge in [0.05, 0.1) is 18.3 Å². The monoisotopic (exact) mass is 388 g/mol. The largest absolute Gasteiger partial charge is 0.355 e. The minimum absolute atomic E-state index is 0.00884. The highest BCUT2D eigenvalue weighted by Crippen LogP contribution is 2.21. The van der Waals surface area contributed by atoms with Gasteiger partial charge in [-0.1, -0.05) is 30.3 Å². The zero-order valence-electron chi connectivity index (χ0n) is 16.3. The smallest absolute Gasteiger partial charge is 0.227 e. The van der Waals surface area contributed by atoms with E-state index >= 15 is 0 Å². The third-order valence-electron chi connectivity index (χ3n) is 5.08. The summed E-state index contributed by atoms with van der Waals surface area (Å²) < 4.78 is 1.84. The predicted molar refractivity (Wildman–Crippen MR) is 112 cm³/mol. The standard InChI is InChI=1S/C23H24N4O2/c28-22(15-18-8-10-20(11-9-18)26-14-4-7-23(26)29)24-13-12-19-16-25-27(17-19)21-5-2-1-3-6-21/h1-3,5-6,8-11,16-17H,4,7,12-15H2,(H,24,28). The molecule has 4 rings (SSSR count). The van der Waals surface area contributed by atoms with E-state index in [1.54, 1.807) is 4.90 Å². The molecule has 29 heavy (non-hydrogen) atoms. The Morgan fingerprint density at radius 2 is 1.79 bits per heavy atom. The molecule has 1 aliphatic rings. The molecule has 1 aromatic heterocycles. The van der Waals surface area contributed by atoms with Crippen LogP contribution in [0.25, 0.3) is 5.69 Å². The van der Waals surface area contributed by atoms with Crippen LogP contribution in [0, 0.1) is 0 Å². The molecule has 0 aliphatic carbocycles. The fraction of sp³-hybridized carbons (Fsp3) is 0.261. The number of hydrogen-bond donors (Lipinski definition) is 1. The molecule has 0 bridgehead atoms. The van der Waals surface area contributed by atoms with Crippen molar-refractivity contribution in [2.24, 2.45) is 0 Å². The maximum atomic E-state index is 12.2. The molecule has 3 aromatic rings. The van der Waals surface area contributed by atoms with Gasteiger partial charge in [-0.15, -0.1) is 0 Å². The maximum Gasteiger partial charge on any atom is 0.227 e. The van der Waals surface area contributed by atoms with Gasteiger partial charge in [0.2, 0.25) is 11.8 Å². The SMILES string of the molecule is O=C(Cc1ccc(N2CCCC2=O)cc1)NCCc1cnn(-c2ccccc2)c1. The summed E-state index contributed by atoms with van der Waals surface area (Å²) in [6.45, 7) is 1.35. The van der Waals surface area contributed by atoms with E-state index in [4.69, 9.17) is 0 Å². The number of benzene rings is 2. The van der Waals surface area contributed by atoms with E-state index in [0.717, 1.165) is 41.9 Å². The first-order chi connectivity index (χ1) is 14.2. The Morgan fingerprint density at radius 1 is 1.00 bits per heavy atom. The number of carbonyl (C=O) groups is 2. The van der Waals surface area contributed by atoms with Gasteiger partial charge in [0.25, 0.3) is 0 Å². The molecule has 6 heteroatoms. The van der Waals surface area contributed by atoms with Crippen LogP contribution in [0.4, 0.5) is 5.69 Å². The first kappa shape index (κ1) is 18.9.